The number of aliphatic hydroxyl groups is 1. The van der Waals surface area contributed by atoms with Crippen molar-refractivity contribution in [3.63, 3.8) is 0 Å². The Bertz CT molecular complexity index is 1340. The zero-order chi connectivity index (χ0) is 24.4. The van der Waals surface area contributed by atoms with E-state index >= 15 is 0 Å². The molecular formula is C27H25N5O2S. The highest BCUT2D eigenvalue weighted by molar-refractivity contribution is 7.16. The number of carbonyl (C=O) groups excluding carboxylic acids is 1. The van der Waals surface area contributed by atoms with Crippen LogP contribution in [-0.4, -0.2) is 28.8 Å². The lowest BCUT2D eigenvalue weighted by molar-refractivity contribution is -0.115. The number of aliphatic hydroxyl groups excluding tert-OH is 1. The van der Waals surface area contributed by atoms with Crippen LogP contribution in [-0.2, 0) is 11.2 Å². The number of nitrogens with zero attached hydrogens (tertiary/aromatic N) is 4. The van der Waals surface area contributed by atoms with E-state index in [0.29, 0.717) is 29.6 Å². The Morgan fingerprint density at radius 3 is 2.83 bits per heavy atom. The average molecular weight is 484 g/mol. The molecule has 1 saturated heterocycles. The number of aromatic nitrogens is 1. The monoisotopic (exact) mass is 483 g/mol. The summed E-state index contributed by atoms with van der Waals surface area (Å²) in [4.78, 5) is 20.6. The SMILES string of the molecule is N#CC[C@@]1(C2CC2)CCN(c2ccnc(NC(=O)Cc3cccc(-c4ccc(C#N)s4)c3)c2)C1O. The summed E-state index contributed by atoms with van der Waals surface area (Å²) in [5.74, 6) is 0.644. The number of hydrogen-bond acceptors (Lipinski definition) is 7. The van der Waals surface area contributed by atoms with Gasteiger partial charge in [-0.05, 0) is 60.6 Å². The molecule has 2 fully saturated rings. The highest BCUT2D eigenvalue weighted by atomic mass is 32.1. The molecule has 1 unspecified atom stereocenters. The first-order chi connectivity index (χ1) is 17.0. The topological polar surface area (TPSA) is 113 Å². The molecule has 1 aromatic carbocycles. The van der Waals surface area contributed by atoms with Crippen LogP contribution in [0.5, 0.6) is 0 Å². The van der Waals surface area contributed by atoms with Crippen LogP contribution < -0.4 is 10.2 Å². The highest BCUT2D eigenvalue weighted by Gasteiger charge is 2.55. The van der Waals surface area contributed by atoms with E-state index in [1.807, 2.05) is 41.3 Å². The van der Waals surface area contributed by atoms with Crippen LogP contribution in [0.4, 0.5) is 11.5 Å². The minimum absolute atomic E-state index is 0.186. The third-order valence-corrected chi connectivity index (χ3v) is 8.10. The quantitative estimate of drug-likeness (QED) is 0.504. The molecule has 1 amide bonds. The van der Waals surface area contributed by atoms with Gasteiger partial charge in [0.15, 0.2) is 0 Å². The van der Waals surface area contributed by atoms with E-state index in [9.17, 15) is 15.2 Å². The lowest BCUT2D eigenvalue weighted by Crippen LogP contribution is -2.41. The molecule has 0 bridgehead atoms. The van der Waals surface area contributed by atoms with E-state index in [0.717, 1.165) is 41.0 Å². The van der Waals surface area contributed by atoms with Crippen molar-refractivity contribution in [1.82, 2.24) is 4.98 Å². The van der Waals surface area contributed by atoms with Crippen molar-refractivity contribution in [1.29, 1.82) is 10.5 Å². The lowest BCUT2D eigenvalue weighted by atomic mass is 9.77. The summed E-state index contributed by atoms with van der Waals surface area (Å²) in [6.07, 6.45) is 4.37. The lowest BCUT2D eigenvalue weighted by Gasteiger charge is -2.34. The Hall–Kier alpha value is -3.72. The third kappa shape index (κ3) is 4.64. The number of nitriles is 2. The maximum atomic E-state index is 12.8. The fourth-order valence-corrected chi connectivity index (χ4v) is 5.93. The molecule has 3 heterocycles. The number of nitrogens with one attached hydrogen (secondary N) is 1. The summed E-state index contributed by atoms with van der Waals surface area (Å²) in [6, 6.07) is 19.5. The van der Waals surface area contributed by atoms with Crippen LogP contribution in [0.1, 0.15) is 36.1 Å². The zero-order valence-electron chi connectivity index (χ0n) is 19.1. The van der Waals surface area contributed by atoms with Gasteiger partial charge >= 0.3 is 0 Å². The number of pyridine rings is 1. The second-order valence-corrected chi connectivity index (χ2v) is 10.3. The van der Waals surface area contributed by atoms with Gasteiger partial charge in [-0.2, -0.15) is 10.5 Å². The summed E-state index contributed by atoms with van der Waals surface area (Å²) < 4.78 is 0. The molecule has 8 heteroatoms. The van der Waals surface area contributed by atoms with Crippen molar-refractivity contribution >= 4 is 28.7 Å². The molecule has 1 aliphatic heterocycles. The van der Waals surface area contributed by atoms with Crippen molar-refractivity contribution in [2.24, 2.45) is 11.3 Å². The van der Waals surface area contributed by atoms with Gasteiger partial charge in [0.1, 0.15) is 23.0 Å². The Morgan fingerprint density at radius 1 is 1.23 bits per heavy atom. The first-order valence-corrected chi connectivity index (χ1v) is 12.5. The van der Waals surface area contributed by atoms with E-state index in [1.54, 1.807) is 18.3 Å². The fraction of sp³-hybridized carbons (Fsp3) is 0.333. The number of rotatable bonds is 7. The maximum Gasteiger partial charge on any atom is 0.229 e. The summed E-state index contributed by atoms with van der Waals surface area (Å²) >= 11 is 1.42. The van der Waals surface area contributed by atoms with Gasteiger partial charge in [-0.15, -0.1) is 11.3 Å². The molecule has 1 aliphatic carbocycles. The van der Waals surface area contributed by atoms with Crippen LogP contribution in [0.15, 0.2) is 54.7 Å². The van der Waals surface area contributed by atoms with E-state index in [1.165, 1.54) is 11.3 Å². The van der Waals surface area contributed by atoms with Crippen LogP contribution in [0.25, 0.3) is 10.4 Å². The van der Waals surface area contributed by atoms with Gasteiger partial charge in [0.25, 0.3) is 0 Å². The Labute approximate surface area is 208 Å². The molecule has 7 nitrogen and oxygen atoms in total. The second kappa shape index (κ2) is 9.50. The van der Waals surface area contributed by atoms with E-state index in [-0.39, 0.29) is 17.7 Å². The van der Waals surface area contributed by atoms with Crippen LogP contribution in [0.2, 0.25) is 0 Å². The Morgan fingerprint density at radius 2 is 2.09 bits per heavy atom. The van der Waals surface area contributed by atoms with Crippen molar-refractivity contribution < 1.29 is 9.90 Å². The summed E-state index contributed by atoms with van der Waals surface area (Å²) in [5, 5.41) is 32.4. The standard InChI is InChI=1S/C27H25N5O2S/c28-11-9-27(20-4-5-20)10-13-32(26(27)34)21-8-12-30-24(16-21)31-25(33)15-18-2-1-3-19(14-18)23-7-6-22(17-29)35-23/h1-3,6-8,12,14,16,20,26,34H,4-5,9-10,13,15H2,(H,30,31,33)/t26?,27-/m0/s1. The van der Waals surface area contributed by atoms with Gasteiger partial charge in [0.05, 0.1) is 12.5 Å². The molecule has 3 aromatic rings. The first kappa shape index (κ1) is 23.0. The van der Waals surface area contributed by atoms with Crippen LogP contribution >= 0.6 is 11.3 Å². The van der Waals surface area contributed by atoms with Gasteiger partial charge in [0.2, 0.25) is 5.91 Å². The zero-order valence-corrected chi connectivity index (χ0v) is 20.0. The van der Waals surface area contributed by atoms with Crippen LogP contribution in [0, 0.1) is 34.0 Å². The molecule has 2 aliphatic rings. The Balaban J connectivity index is 1.26. The minimum atomic E-state index is -0.720. The molecule has 5 rings (SSSR count). The normalized spacial score (nSPS) is 21.3. The molecule has 0 radical (unpaired) electrons. The molecule has 0 spiro atoms. The summed E-state index contributed by atoms with van der Waals surface area (Å²) in [6.45, 7) is 0.666. The van der Waals surface area contributed by atoms with Gasteiger partial charge in [0, 0.05) is 41.2 Å². The molecular weight excluding hydrogens is 458 g/mol. The van der Waals surface area contributed by atoms with Crippen LogP contribution in [0.3, 0.4) is 0 Å². The number of benzene rings is 1. The van der Waals surface area contributed by atoms with Gasteiger partial charge in [-0.25, -0.2) is 4.98 Å². The molecule has 35 heavy (non-hydrogen) atoms. The summed E-state index contributed by atoms with van der Waals surface area (Å²) in [5.41, 5.74) is 2.25. The fourth-order valence-electron chi connectivity index (χ4n) is 5.13. The van der Waals surface area contributed by atoms with E-state index < -0.39 is 6.23 Å². The molecule has 2 N–H and O–H groups in total. The number of hydrogen-bond donors (Lipinski definition) is 2. The predicted octanol–water partition coefficient (Wildman–Crippen LogP) is 4.70. The predicted molar refractivity (Wildman–Crippen MR) is 134 cm³/mol. The number of thiophene rings is 1. The van der Waals surface area contributed by atoms with E-state index in [2.05, 4.69) is 22.4 Å². The van der Waals surface area contributed by atoms with Crippen molar-refractivity contribution in [3.8, 4) is 22.6 Å². The average Bonchev–Trinajstić information content (AvgIpc) is 3.51. The highest BCUT2D eigenvalue weighted by Crippen LogP contribution is 2.56. The minimum Gasteiger partial charge on any atom is -0.373 e. The maximum absolute atomic E-state index is 12.8. The van der Waals surface area contributed by atoms with Crippen molar-refractivity contribution in [2.45, 2.75) is 38.3 Å². The van der Waals surface area contributed by atoms with Gasteiger partial charge in [-0.3, -0.25) is 4.79 Å². The number of amides is 1. The second-order valence-electron chi connectivity index (χ2n) is 9.26. The largest absolute Gasteiger partial charge is 0.373 e. The van der Waals surface area contributed by atoms with Crippen molar-refractivity contribution in [2.75, 3.05) is 16.8 Å². The van der Waals surface area contributed by atoms with Gasteiger partial charge < -0.3 is 15.3 Å². The summed E-state index contributed by atoms with van der Waals surface area (Å²) in [7, 11) is 0. The van der Waals surface area contributed by atoms with E-state index in [4.69, 9.17) is 5.26 Å². The smallest absolute Gasteiger partial charge is 0.229 e. The number of anilines is 2. The third-order valence-electron chi connectivity index (χ3n) is 7.06. The first-order valence-electron chi connectivity index (χ1n) is 11.7. The Kier molecular flexibility index (Phi) is 6.25. The molecule has 2 atom stereocenters. The van der Waals surface area contributed by atoms with Gasteiger partial charge in [-0.1, -0.05) is 18.2 Å². The molecule has 2 aromatic heterocycles. The molecule has 176 valence electrons. The molecule has 1 saturated carbocycles. The van der Waals surface area contributed by atoms with Crippen molar-refractivity contribution in [3.05, 3.63) is 65.2 Å². The number of carbonyl (C=O) groups is 1.